The van der Waals surface area contributed by atoms with Crippen LogP contribution in [0.15, 0.2) is 22.3 Å². The van der Waals surface area contributed by atoms with Crippen molar-refractivity contribution in [3.05, 3.63) is 22.3 Å². The zero-order chi connectivity index (χ0) is 16.9. The van der Waals surface area contributed by atoms with Gasteiger partial charge in [0.05, 0.1) is 5.03 Å². The molecular weight excluding hydrogens is 302 g/mol. The highest BCUT2D eigenvalue weighted by molar-refractivity contribution is 6.30. The van der Waals surface area contributed by atoms with Gasteiger partial charge in [0.1, 0.15) is 0 Å². The van der Waals surface area contributed by atoms with E-state index in [1.54, 1.807) is 0 Å². The number of hydrogen-bond donors (Lipinski definition) is 0. The molecule has 128 valence electrons. The second-order valence-electron chi connectivity index (χ2n) is 7.46. The lowest BCUT2D eigenvalue weighted by atomic mass is 9.82. The van der Waals surface area contributed by atoms with E-state index in [1.807, 2.05) is 6.92 Å². The molecule has 0 aliphatic heterocycles. The molecule has 0 radical (unpaired) electrons. The number of rotatable bonds is 8. The molecule has 1 rings (SSSR count). The normalized spacial score (nSPS) is 20.6. The summed E-state index contributed by atoms with van der Waals surface area (Å²) in [5, 5.41) is 0.0316. The maximum atomic E-state index is 14.0. The lowest BCUT2D eigenvalue weighted by Crippen LogP contribution is -2.13. The number of allylic oxidation sites excluding steroid dienone is 4. The first-order valence-electron chi connectivity index (χ1n) is 8.67. The van der Waals surface area contributed by atoms with Gasteiger partial charge in [-0.2, -0.15) is 0 Å². The molecule has 0 N–H and O–H groups in total. The molecule has 0 nitrogen and oxygen atoms in total. The van der Waals surface area contributed by atoms with E-state index in [9.17, 15) is 8.78 Å². The molecule has 0 aromatic rings. The molecule has 0 bridgehead atoms. The SMILES string of the molecule is CC(C)CCC(C)C(C)CCC(C)C1=C(F)C(F)=C(Cl)CC1. The summed E-state index contributed by atoms with van der Waals surface area (Å²) in [6.45, 7) is 11.1. The van der Waals surface area contributed by atoms with E-state index in [2.05, 4.69) is 27.7 Å². The van der Waals surface area contributed by atoms with E-state index < -0.39 is 11.7 Å². The van der Waals surface area contributed by atoms with Crippen LogP contribution in [0.25, 0.3) is 0 Å². The fourth-order valence-corrected chi connectivity index (χ4v) is 3.22. The third-order valence-corrected chi connectivity index (χ3v) is 5.50. The summed E-state index contributed by atoms with van der Waals surface area (Å²) in [6.07, 6.45) is 5.47. The molecule has 3 heteroatoms. The van der Waals surface area contributed by atoms with E-state index in [-0.39, 0.29) is 11.0 Å². The Morgan fingerprint density at radius 3 is 1.91 bits per heavy atom. The third kappa shape index (κ3) is 5.68. The predicted octanol–water partition coefficient (Wildman–Crippen LogP) is 7.55. The molecule has 3 unspecified atom stereocenters. The van der Waals surface area contributed by atoms with Gasteiger partial charge in [0.2, 0.25) is 0 Å². The Hall–Kier alpha value is -0.370. The molecule has 22 heavy (non-hydrogen) atoms. The van der Waals surface area contributed by atoms with E-state index in [0.717, 1.165) is 18.8 Å². The van der Waals surface area contributed by atoms with Crippen LogP contribution in [0.3, 0.4) is 0 Å². The molecule has 0 spiro atoms. The minimum Gasteiger partial charge on any atom is -0.204 e. The molecule has 0 aromatic heterocycles. The van der Waals surface area contributed by atoms with E-state index in [0.29, 0.717) is 30.3 Å². The van der Waals surface area contributed by atoms with Crippen LogP contribution in [0.4, 0.5) is 8.78 Å². The molecule has 1 aliphatic rings. The van der Waals surface area contributed by atoms with Gasteiger partial charge >= 0.3 is 0 Å². The van der Waals surface area contributed by atoms with Crippen LogP contribution in [0.2, 0.25) is 0 Å². The maximum Gasteiger partial charge on any atom is 0.173 e. The molecule has 0 fully saturated rings. The number of halogens is 3. The Morgan fingerprint density at radius 1 is 0.818 bits per heavy atom. The minimum absolute atomic E-state index is 0.0316. The Morgan fingerprint density at radius 2 is 1.36 bits per heavy atom. The Bertz CT molecular complexity index is 423. The molecule has 0 saturated carbocycles. The van der Waals surface area contributed by atoms with Crippen molar-refractivity contribution in [3.63, 3.8) is 0 Å². The topological polar surface area (TPSA) is 0 Å². The van der Waals surface area contributed by atoms with Crippen LogP contribution in [-0.4, -0.2) is 0 Å². The largest absolute Gasteiger partial charge is 0.204 e. The molecule has 0 aromatic carbocycles. The van der Waals surface area contributed by atoms with Crippen molar-refractivity contribution < 1.29 is 8.78 Å². The van der Waals surface area contributed by atoms with Crippen molar-refractivity contribution in [2.24, 2.45) is 23.7 Å². The van der Waals surface area contributed by atoms with E-state index in [1.165, 1.54) is 12.8 Å². The fraction of sp³-hybridized carbons (Fsp3) is 0.789. The Labute approximate surface area is 140 Å². The van der Waals surface area contributed by atoms with Crippen LogP contribution >= 0.6 is 11.6 Å². The van der Waals surface area contributed by atoms with Gasteiger partial charge in [0.25, 0.3) is 0 Å². The minimum atomic E-state index is -0.840. The summed E-state index contributed by atoms with van der Waals surface area (Å²) in [5.41, 5.74) is 0.615. The van der Waals surface area contributed by atoms with Gasteiger partial charge in [0, 0.05) is 0 Å². The molecule has 0 heterocycles. The maximum absolute atomic E-state index is 14.0. The van der Waals surface area contributed by atoms with Gasteiger partial charge in [-0.15, -0.1) is 0 Å². The van der Waals surface area contributed by atoms with Gasteiger partial charge in [-0.05, 0) is 54.9 Å². The monoisotopic (exact) mass is 332 g/mol. The summed E-state index contributed by atoms with van der Waals surface area (Å²) in [4.78, 5) is 0. The van der Waals surface area contributed by atoms with Gasteiger partial charge in [-0.25, -0.2) is 8.78 Å². The summed E-state index contributed by atoms with van der Waals surface area (Å²) in [5.74, 6) is 0.602. The van der Waals surface area contributed by atoms with Crippen molar-refractivity contribution >= 4 is 11.6 Å². The molecule has 0 saturated heterocycles. The highest BCUT2D eigenvalue weighted by Gasteiger charge is 2.25. The number of hydrogen-bond acceptors (Lipinski definition) is 0. The fourth-order valence-electron chi connectivity index (χ4n) is 3.04. The standard InChI is InChI=1S/C19H31ClF2/c1-12(2)6-7-13(3)14(4)8-9-15(5)16-10-11-17(20)19(22)18(16)21/h12-15H,6-11H2,1-5H3. The van der Waals surface area contributed by atoms with Crippen molar-refractivity contribution in [1.29, 1.82) is 0 Å². The Kier molecular flexibility index (Phi) is 8.10. The molecular formula is C19H31ClF2. The van der Waals surface area contributed by atoms with Gasteiger partial charge in [-0.3, -0.25) is 0 Å². The van der Waals surface area contributed by atoms with Crippen LogP contribution in [0, 0.1) is 23.7 Å². The average Bonchev–Trinajstić information content (AvgIpc) is 2.47. The quantitative estimate of drug-likeness (QED) is 0.430. The predicted molar refractivity (Wildman–Crippen MR) is 92.2 cm³/mol. The Balaban J connectivity index is 2.50. The second-order valence-corrected chi connectivity index (χ2v) is 7.92. The van der Waals surface area contributed by atoms with Crippen molar-refractivity contribution in [3.8, 4) is 0 Å². The lowest BCUT2D eigenvalue weighted by Gasteiger charge is -2.25. The molecule has 3 atom stereocenters. The van der Waals surface area contributed by atoms with E-state index >= 15 is 0 Å². The first kappa shape index (κ1) is 19.7. The first-order chi connectivity index (χ1) is 10.2. The summed E-state index contributed by atoms with van der Waals surface area (Å²) < 4.78 is 27.6. The second kappa shape index (κ2) is 9.05. The first-order valence-corrected chi connectivity index (χ1v) is 9.04. The van der Waals surface area contributed by atoms with Gasteiger partial charge < -0.3 is 0 Å². The van der Waals surface area contributed by atoms with E-state index in [4.69, 9.17) is 11.6 Å². The van der Waals surface area contributed by atoms with Crippen molar-refractivity contribution in [1.82, 2.24) is 0 Å². The summed E-state index contributed by atoms with van der Waals surface area (Å²) in [7, 11) is 0. The third-order valence-electron chi connectivity index (χ3n) is 5.15. The molecule has 0 amide bonds. The summed E-state index contributed by atoms with van der Waals surface area (Å²) in [6, 6.07) is 0. The van der Waals surface area contributed by atoms with Crippen molar-refractivity contribution in [2.45, 2.75) is 73.1 Å². The average molecular weight is 333 g/mol. The zero-order valence-corrected chi connectivity index (χ0v) is 15.4. The summed E-state index contributed by atoms with van der Waals surface area (Å²) >= 11 is 5.69. The highest BCUT2D eigenvalue weighted by atomic mass is 35.5. The van der Waals surface area contributed by atoms with Crippen LogP contribution in [0.5, 0.6) is 0 Å². The van der Waals surface area contributed by atoms with Crippen LogP contribution in [-0.2, 0) is 0 Å². The lowest BCUT2D eigenvalue weighted by molar-refractivity contribution is 0.303. The van der Waals surface area contributed by atoms with Crippen LogP contribution < -0.4 is 0 Å². The van der Waals surface area contributed by atoms with Gasteiger partial charge in [0.15, 0.2) is 11.7 Å². The zero-order valence-electron chi connectivity index (χ0n) is 14.7. The van der Waals surface area contributed by atoms with Gasteiger partial charge in [-0.1, -0.05) is 59.1 Å². The highest BCUT2D eigenvalue weighted by Crippen LogP contribution is 2.39. The van der Waals surface area contributed by atoms with Crippen molar-refractivity contribution in [2.75, 3.05) is 0 Å². The molecule has 1 aliphatic carbocycles. The smallest absolute Gasteiger partial charge is 0.173 e. The van der Waals surface area contributed by atoms with Crippen LogP contribution in [0.1, 0.15) is 73.1 Å².